The van der Waals surface area contributed by atoms with Crippen LogP contribution in [0.5, 0.6) is 0 Å². The number of hydrogen-bond acceptors (Lipinski definition) is 0. The molecule has 0 aliphatic rings. The molecule has 0 saturated carbocycles. The Labute approximate surface area is 108 Å². The first-order chi connectivity index (χ1) is 8.06. The monoisotopic (exact) mass is 246 g/mol. The molecule has 0 aromatic heterocycles. The molecule has 0 spiro atoms. The Morgan fingerprint density at radius 3 is 1.94 bits per heavy atom. The maximum atomic E-state index is 2.38. The van der Waals surface area contributed by atoms with Crippen molar-refractivity contribution in [2.45, 2.75) is 52.1 Å². The Morgan fingerprint density at radius 1 is 1.00 bits per heavy atom. The van der Waals surface area contributed by atoms with Gasteiger partial charge < -0.3 is 0 Å². The minimum absolute atomic E-state index is 0.811. The summed E-state index contributed by atoms with van der Waals surface area (Å²) in [5.74, 6) is 0. The fourth-order valence-electron chi connectivity index (χ4n) is 2.62. The van der Waals surface area contributed by atoms with E-state index in [9.17, 15) is 0 Å². The summed E-state index contributed by atoms with van der Waals surface area (Å²) in [6.07, 6.45) is 5.54. The number of benzene rings is 1. The molecule has 94 valence electrons. The van der Waals surface area contributed by atoms with Crippen LogP contribution >= 0.6 is 0 Å². The molecule has 1 heteroatoms. The first-order valence-corrected chi connectivity index (χ1v) is 8.73. The Morgan fingerprint density at radius 2 is 1.53 bits per heavy atom. The summed E-state index contributed by atoms with van der Waals surface area (Å²) in [7, 11) is -0.811. The third kappa shape index (κ3) is 4.16. The van der Waals surface area contributed by atoms with Crippen molar-refractivity contribution in [3.05, 3.63) is 35.9 Å². The lowest BCUT2D eigenvalue weighted by Gasteiger charge is -2.23. The van der Waals surface area contributed by atoms with E-state index in [0.29, 0.717) is 0 Å². The van der Waals surface area contributed by atoms with Gasteiger partial charge in [0, 0.05) is 0 Å². The van der Waals surface area contributed by atoms with Gasteiger partial charge in [-0.1, -0.05) is 76.2 Å². The normalized spacial score (nSPS) is 12.2. The second-order valence-corrected chi connectivity index (χ2v) is 9.88. The molecule has 0 aliphatic carbocycles. The highest BCUT2D eigenvalue weighted by molar-refractivity contribution is 6.75. The van der Waals surface area contributed by atoms with Crippen LogP contribution in [-0.4, -0.2) is 8.80 Å². The Bertz CT molecular complexity index is 338. The van der Waals surface area contributed by atoms with Gasteiger partial charge in [-0.15, -0.1) is 0 Å². The molecular formula is C16H26Si. The highest BCUT2D eigenvalue weighted by atomic mass is 28.3. The lowest BCUT2D eigenvalue weighted by Crippen LogP contribution is -2.35. The van der Waals surface area contributed by atoms with E-state index in [2.05, 4.69) is 71.0 Å². The fourth-order valence-corrected chi connectivity index (χ4v) is 6.34. The first kappa shape index (κ1) is 14.2. The van der Waals surface area contributed by atoms with Gasteiger partial charge in [-0.25, -0.2) is 0 Å². The van der Waals surface area contributed by atoms with Crippen molar-refractivity contribution >= 4 is 20.1 Å². The summed E-state index contributed by atoms with van der Waals surface area (Å²) < 4.78 is 0. The molecule has 0 nitrogen and oxygen atoms in total. The number of allylic oxidation sites excluding steroid dienone is 1. The van der Waals surface area contributed by atoms with Crippen molar-refractivity contribution in [1.82, 2.24) is 0 Å². The molecule has 0 unspecified atom stereocenters. The maximum absolute atomic E-state index is 2.38. The van der Waals surface area contributed by atoms with Crippen LogP contribution in [0.4, 0.5) is 0 Å². The van der Waals surface area contributed by atoms with E-state index in [1.165, 1.54) is 5.56 Å². The molecule has 0 heterocycles. The van der Waals surface area contributed by atoms with Crippen molar-refractivity contribution in [1.29, 1.82) is 0 Å². The van der Waals surface area contributed by atoms with Gasteiger partial charge >= 0.3 is 0 Å². The van der Waals surface area contributed by atoms with Gasteiger partial charge in [0.1, 0.15) is 0 Å². The van der Waals surface area contributed by atoms with Gasteiger partial charge in [-0.3, -0.25) is 0 Å². The molecule has 0 fully saturated rings. The van der Waals surface area contributed by atoms with Crippen LogP contribution < -0.4 is 5.19 Å². The number of hydrogen-bond donors (Lipinski definition) is 0. The van der Waals surface area contributed by atoms with Gasteiger partial charge in [-0.2, -0.15) is 0 Å². The van der Waals surface area contributed by atoms with E-state index in [4.69, 9.17) is 0 Å². The van der Waals surface area contributed by atoms with Crippen LogP contribution in [0.1, 0.15) is 46.6 Å². The van der Waals surface area contributed by atoms with Crippen molar-refractivity contribution in [3.8, 4) is 0 Å². The Hall–Kier alpha value is -0.823. The van der Waals surface area contributed by atoms with Gasteiger partial charge in [0.25, 0.3) is 0 Å². The largest absolute Gasteiger partial charge is 0.0842 e. The molecule has 0 atom stereocenters. The SMILES string of the molecule is CCC=Cc1ccc([SiH](C(C)C)C(C)C)cc1. The van der Waals surface area contributed by atoms with Crippen LogP contribution in [0.15, 0.2) is 30.3 Å². The second kappa shape index (κ2) is 6.80. The Kier molecular flexibility index (Phi) is 5.70. The molecule has 0 aliphatic heterocycles. The molecule has 0 bridgehead atoms. The van der Waals surface area contributed by atoms with Crippen molar-refractivity contribution < 1.29 is 0 Å². The lowest BCUT2D eigenvalue weighted by molar-refractivity contribution is 0.951. The lowest BCUT2D eigenvalue weighted by atomic mass is 10.2. The van der Waals surface area contributed by atoms with Crippen LogP contribution in [0.2, 0.25) is 11.1 Å². The van der Waals surface area contributed by atoms with Crippen LogP contribution in [0.25, 0.3) is 6.08 Å². The summed E-state index contributed by atoms with van der Waals surface area (Å²) >= 11 is 0. The average Bonchev–Trinajstić information content (AvgIpc) is 2.27. The van der Waals surface area contributed by atoms with Crippen molar-refractivity contribution in [2.24, 2.45) is 0 Å². The zero-order valence-electron chi connectivity index (χ0n) is 11.9. The first-order valence-electron chi connectivity index (χ1n) is 6.82. The molecule has 0 saturated heterocycles. The highest BCUT2D eigenvalue weighted by Gasteiger charge is 2.20. The maximum Gasteiger partial charge on any atom is 0.0758 e. The average molecular weight is 246 g/mol. The zero-order chi connectivity index (χ0) is 12.8. The van der Waals surface area contributed by atoms with Gasteiger partial charge in [-0.05, 0) is 23.1 Å². The topological polar surface area (TPSA) is 0 Å². The van der Waals surface area contributed by atoms with Crippen molar-refractivity contribution in [2.75, 3.05) is 0 Å². The minimum atomic E-state index is -0.811. The molecule has 0 N–H and O–H groups in total. The third-order valence-electron chi connectivity index (χ3n) is 3.30. The van der Waals surface area contributed by atoms with E-state index in [1.807, 2.05) is 0 Å². The summed E-state index contributed by atoms with van der Waals surface area (Å²) in [6, 6.07) is 9.25. The zero-order valence-corrected chi connectivity index (χ0v) is 13.1. The van der Waals surface area contributed by atoms with E-state index >= 15 is 0 Å². The molecule has 1 aromatic carbocycles. The van der Waals surface area contributed by atoms with E-state index in [1.54, 1.807) is 5.19 Å². The molecule has 1 rings (SSSR count). The standard InChI is InChI=1S/C16H26Si/c1-6-7-8-15-9-11-16(12-10-15)17(13(2)3)14(4)5/h7-14,17H,6H2,1-5H3. The molecule has 17 heavy (non-hydrogen) atoms. The molecule has 0 amide bonds. The van der Waals surface area contributed by atoms with Crippen molar-refractivity contribution in [3.63, 3.8) is 0 Å². The summed E-state index contributed by atoms with van der Waals surface area (Å²) in [5, 5.41) is 1.61. The Balaban J connectivity index is 2.88. The van der Waals surface area contributed by atoms with Crippen LogP contribution in [-0.2, 0) is 0 Å². The smallest absolute Gasteiger partial charge is 0.0758 e. The van der Waals surface area contributed by atoms with Gasteiger partial charge in [0.15, 0.2) is 0 Å². The van der Waals surface area contributed by atoms with E-state index in [0.717, 1.165) is 17.5 Å². The third-order valence-corrected chi connectivity index (χ3v) is 7.33. The summed E-state index contributed by atoms with van der Waals surface area (Å²) in [6.45, 7) is 11.7. The van der Waals surface area contributed by atoms with Gasteiger partial charge in [0.05, 0.1) is 8.80 Å². The van der Waals surface area contributed by atoms with E-state index in [-0.39, 0.29) is 0 Å². The van der Waals surface area contributed by atoms with Crippen LogP contribution in [0, 0.1) is 0 Å². The predicted octanol–water partition coefficient (Wildman–Crippen LogP) is 4.36. The number of rotatable bonds is 5. The van der Waals surface area contributed by atoms with Gasteiger partial charge in [0.2, 0.25) is 0 Å². The van der Waals surface area contributed by atoms with Crippen LogP contribution in [0.3, 0.4) is 0 Å². The minimum Gasteiger partial charge on any atom is -0.0842 e. The summed E-state index contributed by atoms with van der Waals surface area (Å²) in [4.78, 5) is 0. The summed E-state index contributed by atoms with van der Waals surface area (Å²) in [5.41, 5.74) is 3.01. The fraction of sp³-hybridized carbons (Fsp3) is 0.500. The molecule has 0 radical (unpaired) electrons. The molecular weight excluding hydrogens is 220 g/mol. The second-order valence-electron chi connectivity index (χ2n) is 5.49. The molecule has 1 aromatic rings. The van der Waals surface area contributed by atoms with E-state index < -0.39 is 8.80 Å². The quantitative estimate of drug-likeness (QED) is 0.677. The predicted molar refractivity (Wildman–Crippen MR) is 82.7 cm³/mol. The highest BCUT2D eigenvalue weighted by Crippen LogP contribution is 2.20.